The Morgan fingerprint density at radius 1 is 1.27 bits per heavy atom. The summed E-state index contributed by atoms with van der Waals surface area (Å²) in [6.07, 6.45) is 3.65. The van der Waals surface area contributed by atoms with Crippen LogP contribution in [0, 0.1) is 0 Å². The number of ether oxygens (including phenoxy) is 1. The Kier molecular flexibility index (Phi) is 6.62. The molecule has 0 saturated carbocycles. The van der Waals surface area contributed by atoms with Gasteiger partial charge in [0.15, 0.2) is 0 Å². The molecule has 0 amide bonds. The van der Waals surface area contributed by atoms with Crippen LogP contribution in [0.25, 0.3) is 0 Å². The number of halogens is 1. The molecule has 2 aromatic rings. The van der Waals surface area contributed by atoms with Crippen molar-refractivity contribution < 1.29 is 4.74 Å². The third kappa shape index (κ3) is 5.62. The lowest BCUT2D eigenvalue weighted by atomic mass is 10.3. The van der Waals surface area contributed by atoms with Crippen molar-refractivity contribution in [2.24, 2.45) is 0 Å². The summed E-state index contributed by atoms with van der Waals surface area (Å²) in [6, 6.07) is 9.46. The van der Waals surface area contributed by atoms with Crippen molar-refractivity contribution in [1.82, 2.24) is 14.9 Å². The van der Waals surface area contributed by atoms with Crippen molar-refractivity contribution in [3.63, 3.8) is 0 Å². The summed E-state index contributed by atoms with van der Waals surface area (Å²) < 4.78 is 5.69. The maximum Gasteiger partial charge on any atom is 0.128 e. The first-order valence-electron chi connectivity index (χ1n) is 7.55. The van der Waals surface area contributed by atoms with Crippen LogP contribution in [0.3, 0.4) is 0 Å². The number of nitrogens with zero attached hydrogens (tertiary/aromatic N) is 3. The molecule has 4 nitrogen and oxygen atoms in total. The molecule has 1 heterocycles. The van der Waals surface area contributed by atoms with Crippen molar-refractivity contribution >= 4 is 11.6 Å². The van der Waals surface area contributed by atoms with E-state index in [4.69, 9.17) is 16.3 Å². The summed E-state index contributed by atoms with van der Waals surface area (Å²) in [6.45, 7) is 4.52. The van der Waals surface area contributed by atoms with Gasteiger partial charge in [-0.3, -0.25) is 0 Å². The maximum atomic E-state index is 5.92. The first-order valence-corrected chi connectivity index (χ1v) is 7.93. The van der Waals surface area contributed by atoms with Gasteiger partial charge in [-0.2, -0.15) is 0 Å². The van der Waals surface area contributed by atoms with Crippen LogP contribution in [0.5, 0.6) is 5.75 Å². The second-order valence-electron chi connectivity index (χ2n) is 5.21. The lowest BCUT2D eigenvalue weighted by molar-refractivity contribution is 0.257. The molecule has 0 fully saturated rings. The first kappa shape index (κ1) is 16.7. The van der Waals surface area contributed by atoms with Crippen molar-refractivity contribution in [2.75, 3.05) is 20.2 Å². The van der Waals surface area contributed by atoms with Crippen LogP contribution in [-0.4, -0.2) is 35.1 Å². The molecule has 22 heavy (non-hydrogen) atoms. The van der Waals surface area contributed by atoms with E-state index in [9.17, 15) is 0 Å². The number of hydrogen-bond donors (Lipinski definition) is 0. The number of benzene rings is 1. The lowest BCUT2D eigenvalue weighted by Crippen LogP contribution is -2.21. The van der Waals surface area contributed by atoms with Crippen LogP contribution in [0.4, 0.5) is 0 Å². The molecule has 0 atom stereocenters. The fourth-order valence-electron chi connectivity index (χ4n) is 2.14. The van der Waals surface area contributed by atoms with Crippen LogP contribution < -0.4 is 4.74 Å². The summed E-state index contributed by atoms with van der Waals surface area (Å²) >= 11 is 5.92. The van der Waals surface area contributed by atoms with Crippen molar-refractivity contribution in [1.29, 1.82) is 0 Å². The molecule has 5 heteroatoms. The van der Waals surface area contributed by atoms with E-state index in [0.29, 0.717) is 11.6 Å². The van der Waals surface area contributed by atoms with Crippen molar-refractivity contribution in [3.8, 4) is 5.75 Å². The van der Waals surface area contributed by atoms with E-state index in [1.807, 2.05) is 36.5 Å². The van der Waals surface area contributed by atoms with E-state index in [-0.39, 0.29) is 0 Å². The summed E-state index contributed by atoms with van der Waals surface area (Å²) in [5.41, 5.74) is 1.06. The Morgan fingerprint density at radius 2 is 2.14 bits per heavy atom. The van der Waals surface area contributed by atoms with Gasteiger partial charge in [0.2, 0.25) is 0 Å². The van der Waals surface area contributed by atoms with Gasteiger partial charge in [0.25, 0.3) is 0 Å². The Morgan fingerprint density at radius 3 is 2.91 bits per heavy atom. The fraction of sp³-hybridized carbons (Fsp3) is 0.412. The van der Waals surface area contributed by atoms with E-state index in [1.165, 1.54) is 0 Å². The number of hydrogen-bond acceptors (Lipinski definition) is 4. The molecule has 0 aliphatic heterocycles. The number of rotatable bonds is 8. The second kappa shape index (κ2) is 8.71. The first-order chi connectivity index (χ1) is 10.7. The maximum absolute atomic E-state index is 5.92. The van der Waals surface area contributed by atoms with Gasteiger partial charge in [-0.05, 0) is 37.7 Å². The largest absolute Gasteiger partial charge is 0.493 e. The molecular weight excluding hydrogens is 298 g/mol. The fourth-order valence-corrected chi connectivity index (χ4v) is 2.32. The van der Waals surface area contributed by atoms with Crippen LogP contribution >= 0.6 is 11.6 Å². The van der Waals surface area contributed by atoms with E-state index < -0.39 is 0 Å². The quantitative estimate of drug-likeness (QED) is 0.697. The van der Waals surface area contributed by atoms with Gasteiger partial charge >= 0.3 is 0 Å². The van der Waals surface area contributed by atoms with Gasteiger partial charge in [0.05, 0.1) is 12.3 Å². The van der Waals surface area contributed by atoms with Gasteiger partial charge < -0.3 is 9.64 Å². The summed E-state index contributed by atoms with van der Waals surface area (Å²) in [4.78, 5) is 11.0. The molecule has 0 spiro atoms. The zero-order chi connectivity index (χ0) is 15.8. The van der Waals surface area contributed by atoms with Crippen LogP contribution in [-0.2, 0) is 13.0 Å². The van der Waals surface area contributed by atoms with Gasteiger partial charge in [-0.15, -0.1) is 0 Å². The van der Waals surface area contributed by atoms with Gasteiger partial charge in [0.1, 0.15) is 11.6 Å². The average Bonchev–Trinajstić information content (AvgIpc) is 2.52. The molecule has 118 valence electrons. The standard InChI is InChI=1S/C17H22ClN3O/c1-3-17-19-9-8-15(20-17)13-21(2)10-5-11-22-16-7-4-6-14(18)12-16/h4,6-9,12H,3,5,10-11,13H2,1-2H3. The number of aromatic nitrogens is 2. The van der Waals surface area contributed by atoms with Gasteiger partial charge in [0, 0.05) is 30.7 Å². The Balaban J connectivity index is 1.70. The molecule has 0 saturated heterocycles. The Bertz CT molecular complexity index is 592. The van der Waals surface area contributed by atoms with E-state index in [0.717, 1.165) is 43.2 Å². The highest BCUT2D eigenvalue weighted by Gasteiger charge is 2.03. The molecule has 0 radical (unpaired) electrons. The van der Waals surface area contributed by atoms with E-state index in [1.54, 1.807) is 0 Å². The highest BCUT2D eigenvalue weighted by atomic mass is 35.5. The lowest BCUT2D eigenvalue weighted by Gasteiger charge is -2.16. The highest BCUT2D eigenvalue weighted by Crippen LogP contribution is 2.17. The molecule has 0 unspecified atom stereocenters. The van der Waals surface area contributed by atoms with E-state index in [2.05, 4.69) is 28.8 Å². The Labute approximate surface area is 137 Å². The van der Waals surface area contributed by atoms with Gasteiger partial charge in [-0.1, -0.05) is 24.6 Å². The number of aryl methyl sites for hydroxylation is 1. The van der Waals surface area contributed by atoms with Crippen LogP contribution in [0.2, 0.25) is 5.02 Å². The second-order valence-corrected chi connectivity index (χ2v) is 5.65. The van der Waals surface area contributed by atoms with Crippen molar-refractivity contribution in [3.05, 3.63) is 53.1 Å². The van der Waals surface area contributed by atoms with Crippen LogP contribution in [0.15, 0.2) is 36.5 Å². The average molecular weight is 320 g/mol. The third-order valence-corrected chi connectivity index (χ3v) is 3.50. The summed E-state index contributed by atoms with van der Waals surface area (Å²) in [7, 11) is 2.09. The third-order valence-electron chi connectivity index (χ3n) is 3.26. The monoisotopic (exact) mass is 319 g/mol. The zero-order valence-electron chi connectivity index (χ0n) is 13.1. The van der Waals surface area contributed by atoms with Gasteiger partial charge in [-0.25, -0.2) is 9.97 Å². The minimum Gasteiger partial charge on any atom is -0.493 e. The summed E-state index contributed by atoms with van der Waals surface area (Å²) in [5, 5.41) is 0.699. The smallest absolute Gasteiger partial charge is 0.128 e. The molecule has 0 aliphatic rings. The molecule has 2 rings (SSSR count). The van der Waals surface area contributed by atoms with Crippen LogP contribution in [0.1, 0.15) is 24.9 Å². The molecule has 0 bridgehead atoms. The normalized spacial score (nSPS) is 10.9. The van der Waals surface area contributed by atoms with E-state index >= 15 is 0 Å². The predicted molar refractivity (Wildman–Crippen MR) is 89.3 cm³/mol. The molecule has 0 N–H and O–H groups in total. The molecule has 0 aliphatic carbocycles. The van der Waals surface area contributed by atoms with Crippen molar-refractivity contribution in [2.45, 2.75) is 26.3 Å². The predicted octanol–water partition coefficient (Wildman–Crippen LogP) is 3.59. The molecule has 1 aromatic heterocycles. The highest BCUT2D eigenvalue weighted by molar-refractivity contribution is 6.30. The molecular formula is C17H22ClN3O. The minimum atomic E-state index is 0.675. The topological polar surface area (TPSA) is 38.2 Å². The SMILES string of the molecule is CCc1nccc(CN(C)CCCOc2cccc(Cl)c2)n1. The molecule has 1 aromatic carbocycles. The Hall–Kier alpha value is -1.65. The summed E-state index contributed by atoms with van der Waals surface area (Å²) in [5.74, 6) is 1.72. The zero-order valence-corrected chi connectivity index (χ0v) is 13.9. The minimum absolute atomic E-state index is 0.675.